The van der Waals surface area contributed by atoms with E-state index in [4.69, 9.17) is 0 Å². The van der Waals surface area contributed by atoms with E-state index in [0.717, 1.165) is 64.2 Å². The molecule has 0 saturated carbocycles. The standard InChI is InChI=1S/C66H119NO3/c1-3-5-7-9-11-13-15-17-19-21-23-25-27-29-31-32-33-34-36-38-40-42-44-46-48-50-52-54-56-58-60-62-66(70)67-64(63-68)65(69)61-59-57-55-53-51-49-47-45-43-41-39-37-35-30-28-26-24-22-20-18-16-14-12-10-8-6-4-2/h5,7,11,13,17,19,23,25,29,31,33-34,59,61,64-65,68-69H,3-4,6,8-10,12,14-16,18,20-22,24,26-28,30,32,35-58,60,62-63H2,1-2H3,(H,67,70)/b7-5-,13-11-,19-17-,25-23-,31-29-,34-33-,61-59+. The Hall–Kier alpha value is -2.43. The van der Waals surface area contributed by atoms with Gasteiger partial charge in [-0.2, -0.15) is 0 Å². The van der Waals surface area contributed by atoms with Gasteiger partial charge in [0.2, 0.25) is 5.91 Å². The van der Waals surface area contributed by atoms with Crippen LogP contribution in [0.1, 0.15) is 309 Å². The van der Waals surface area contributed by atoms with Crippen LogP contribution < -0.4 is 5.32 Å². The number of hydrogen-bond donors (Lipinski definition) is 3. The molecule has 3 N–H and O–H groups in total. The predicted molar refractivity (Wildman–Crippen MR) is 313 cm³/mol. The van der Waals surface area contributed by atoms with Crippen LogP contribution in [0.5, 0.6) is 0 Å². The van der Waals surface area contributed by atoms with Crippen molar-refractivity contribution < 1.29 is 15.0 Å². The Morgan fingerprint density at radius 2 is 0.629 bits per heavy atom. The van der Waals surface area contributed by atoms with E-state index in [1.165, 1.54) is 225 Å². The quantitative estimate of drug-likeness (QED) is 0.0420. The van der Waals surface area contributed by atoms with Crippen molar-refractivity contribution in [1.29, 1.82) is 0 Å². The average molecular weight is 975 g/mol. The number of allylic oxidation sites excluding steroid dienone is 13. The van der Waals surface area contributed by atoms with Gasteiger partial charge in [-0.25, -0.2) is 0 Å². The van der Waals surface area contributed by atoms with E-state index < -0.39 is 12.1 Å². The number of aliphatic hydroxyl groups excluding tert-OH is 2. The Labute approximate surface area is 437 Å². The maximum Gasteiger partial charge on any atom is 0.220 e. The van der Waals surface area contributed by atoms with Crippen molar-refractivity contribution in [2.45, 2.75) is 321 Å². The van der Waals surface area contributed by atoms with Crippen molar-refractivity contribution in [3.05, 3.63) is 85.1 Å². The lowest BCUT2D eigenvalue weighted by Crippen LogP contribution is -2.45. The molecule has 0 rings (SSSR count). The van der Waals surface area contributed by atoms with Crippen molar-refractivity contribution in [1.82, 2.24) is 5.32 Å². The predicted octanol–water partition coefficient (Wildman–Crippen LogP) is 20.7. The number of nitrogens with one attached hydrogen (secondary N) is 1. The lowest BCUT2D eigenvalue weighted by atomic mass is 10.0. The highest BCUT2D eigenvalue weighted by atomic mass is 16.3. The molecule has 0 aliphatic heterocycles. The molecule has 0 aliphatic carbocycles. The highest BCUT2D eigenvalue weighted by molar-refractivity contribution is 5.76. The van der Waals surface area contributed by atoms with Gasteiger partial charge in [-0.3, -0.25) is 4.79 Å². The lowest BCUT2D eigenvalue weighted by molar-refractivity contribution is -0.123. The zero-order valence-electron chi connectivity index (χ0n) is 46.8. The number of hydrogen-bond acceptors (Lipinski definition) is 3. The zero-order valence-corrected chi connectivity index (χ0v) is 46.8. The van der Waals surface area contributed by atoms with E-state index in [2.05, 4.69) is 92.1 Å². The van der Waals surface area contributed by atoms with Crippen LogP contribution in [0.2, 0.25) is 0 Å². The van der Waals surface area contributed by atoms with Gasteiger partial charge in [0.1, 0.15) is 0 Å². The highest BCUT2D eigenvalue weighted by Gasteiger charge is 2.18. The molecular formula is C66H119NO3. The van der Waals surface area contributed by atoms with E-state index in [9.17, 15) is 15.0 Å². The minimum atomic E-state index is -0.846. The number of carbonyl (C=O) groups excluding carboxylic acids is 1. The van der Waals surface area contributed by atoms with Crippen LogP contribution in [0.3, 0.4) is 0 Å². The van der Waals surface area contributed by atoms with Crippen LogP contribution >= 0.6 is 0 Å². The molecule has 0 saturated heterocycles. The third-order valence-corrected chi connectivity index (χ3v) is 13.9. The van der Waals surface area contributed by atoms with Gasteiger partial charge in [-0.05, 0) is 70.6 Å². The summed E-state index contributed by atoms with van der Waals surface area (Å²) >= 11 is 0. The molecular weight excluding hydrogens is 855 g/mol. The molecule has 0 radical (unpaired) electrons. The van der Waals surface area contributed by atoms with Gasteiger partial charge in [0.25, 0.3) is 0 Å². The molecule has 0 aromatic heterocycles. The first-order valence-electron chi connectivity index (χ1n) is 30.8. The van der Waals surface area contributed by atoms with Crippen molar-refractivity contribution in [3.63, 3.8) is 0 Å². The van der Waals surface area contributed by atoms with Crippen molar-refractivity contribution in [3.8, 4) is 0 Å². The van der Waals surface area contributed by atoms with E-state index in [-0.39, 0.29) is 12.5 Å². The zero-order chi connectivity index (χ0) is 50.6. The summed E-state index contributed by atoms with van der Waals surface area (Å²) in [6, 6.07) is -0.629. The molecule has 0 aromatic carbocycles. The Bertz CT molecular complexity index is 1240. The number of rotatable bonds is 56. The van der Waals surface area contributed by atoms with Gasteiger partial charge in [0.05, 0.1) is 18.8 Å². The van der Waals surface area contributed by atoms with E-state index in [1.807, 2.05) is 6.08 Å². The largest absolute Gasteiger partial charge is 0.394 e. The van der Waals surface area contributed by atoms with Crippen molar-refractivity contribution in [2.75, 3.05) is 6.61 Å². The summed E-state index contributed by atoms with van der Waals surface area (Å²) in [4.78, 5) is 12.5. The topological polar surface area (TPSA) is 69.6 Å². The van der Waals surface area contributed by atoms with Gasteiger partial charge < -0.3 is 15.5 Å². The van der Waals surface area contributed by atoms with E-state index in [0.29, 0.717) is 6.42 Å². The van der Waals surface area contributed by atoms with Gasteiger partial charge in [-0.15, -0.1) is 0 Å². The van der Waals surface area contributed by atoms with Gasteiger partial charge in [-0.1, -0.05) is 317 Å². The number of unbranched alkanes of at least 4 members (excludes halogenated alkanes) is 37. The normalized spacial score (nSPS) is 13.4. The Morgan fingerprint density at radius 1 is 0.357 bits per heavy atom. The fraction of sp³-hybridized carbons (Fsp3) is 0.773. The summed E-state index contributed by atoms with van der Waals surface area (Å²) in [6.45, 7) is 4.22. The molecule has 406 valence electrons. The average Bonchev–Trinajstić information content (AvgIpc) is 3.36. The summed E-state index contributed by atoms with van der Waals surface area (Å²) in [6.07, 6.45) is 89.1. The summed E-state index contributed by atoms with van der Waals surface area (Å²) in [5, 5.41) is 23.2. The van der Waals surface area contributed by atoms with Gasteiger partial charge in [0.15, 0.2) is 0 Å². The third-order valence-electron chi connectivity index (χ3n) is 13.9. The highest BCUT2D eigenvalue weighted by Crippen LogP contribution is 2.17. The van der Waals surface area contributed by atoms with Crippen LogP contribution in [0.4, 0.5) is 0 Å². The summed E-state index contributed by atoms with van der Waals surface area (Å²) in [7, 11) is 0. The van der Waals surface area contributed by atoms with Crippen LogP contribution in [0, 0.1) is 0 Å². The molecule has 4 heteroatoms. The number of carbonyl (C=O) groups is 1. The minimum absolute atomic E-state index is 0.0657. The fourth-order valence-electron chi connectivity index (χ4n) is 9.24. The molecule has 2 atom stereocenters. The molecule has 0 spiro atoms. The van der Waals surface area contributed by atoms with Gasteiger partial charge in [0, 0.05) is 6.42 Å². The molecule has 0 bridgehead atoms. The smallest absolute Gasteiger partial charge is 0.220 e. The second-order valence-corrected chi connectivity index (χ2v) is 20.7. The maximum absolute atomic E-state index is 12.5. The molecule has 1 amide bonds. The third kappa shape index (κ3) is 56.5. The maximum atomic E-state index is 12.5. The molecule has 70 heavy (non-hydrogen) atoms. The van der Waals surface area contributed by atoms with Crippen LogP contribution in [-0.4, -0.2) is 34.9 Å². The summed E-state index contributed by atoms with van der Waals surface area (Å²) < 4.78 is 0. The Kier molecular flexibility index (Phi) is 58.8. The molecule has 0 fully saturated rings. The SMILES string of the molecule is CC/C=C\C/C=C\C/C=C\C/C=C\C/C=C\C/C=C\CCCCCCCCCCCCCCC(=O)NC(CO)C(O)/C=C/CCCCCCCCCCCCCCCCCCCCCCCCCCC. The Morgan fingerprint density at radius 3 is 0.943 bits per heavy atom. The summed E-state index contributed by atoms with van der Waals surface area (Å²) in [5.74, 6) is -0.0657. The molecule has 2 unspecified atom stereocenters. The lowest BCUT2D eigenvalue weighted by Gasteiger charge is -2.20. The fourth-order valence-corrected chi connectivity index (χ4v) is 9.24. The van der Waals surface area contributed by atoms with Crippen LogP contribution in [0.15, 0.2) is 85.1 Å². The Balaban J connectivity index is 3.51. The van der Waals surface area contributed by atoms with E-state index in [1.54, 1.807) is 6.08 Å². The molecule has 0 aliphatic rings. The second kappa shape index (κ2) is 60.9. The summed E-state index contributed by atoms with van der Waals surface area (Å²) in [5.41, 5.74) is 0. The van der Waals surface area contributed by atoms with Gasteiger partial charge >= 0.3 is 0 Å². The van der Waals surface area contributed by atoms with Crippen LogP contribution in [0.25, 0.3) is 0 Å². The number of amides is 1. The second-order valence-electron chi connectivity index (χ2n) is 20.7. The molecule has 4 nitrogen and oxygen atoms in total. The monoisotopic (exact) mass is 974 g/mol. The van der Waals surface area contributed by atoms with Crippen molar-refractivity contribution >= 4 is 5.91 Å². The minimum Gasteiger partial charge on any atom is -0.394 e. The molecule has 0 heterocycles. The van der Waals surface area contributed by atoms with E-state index >= 15 is 0 Å². The van der Waals surface area contributed by atoms with Crippen LogP contribution in [-0.2, 0) is 4.79 Å². The first-order chi connectivity index (χ1) is 34.7. The first kappa shape index (κ1) is 67.6. The first-order valence-corrected chi connectivity index (χ1v) is 30.8. The number of aliphatic hydroxyl groups is 2. The van der Waals surface area contributed by atoms with Crippen molar-refractivity contribution in [2.24, 2.45) is 0 Å². The molecule has 0 aromatic rings.